The van der Waals surface area contributed by atoms with Crippen molar-refractivity contribution in [3.05, 3.63) is 127 Å². The third kappa shape index (κ3) is 6.35. The summed E-state index contributed by atoms with van der Waals surface area (Å²) in [5.74, 6) is 0. The summed E-state index contributed by atoms with van der Waals surface area (Å²) in [5, 5.41) is 3.51. The Hall–Kier alpha value is -3.78. The lowest BCUT2D eigenvalue weighted by Crippen LogP contribution is -2.14. The van der Waals surface area contributed by atoms with Gasteiger partial charge in [-0.1, -0.05) is 66.8 Å². The van der Waals surface area contributed by atoms with Crippen LogP contribution in [0.15, 0.2) is 121 Å². The average molecular weight is 407 g/mol. The quantitative estimate of drug-likeness (QED) is 0.377. The van der Waals surface area contributed by atoms with E-state index in [0.29, 0.717) is 0 Å². The van der Waals surface area contributed by atoms with E-state index < -0.39 is 0 Å². The molecule has 0 aliphatic heterocycles. The molecule has 0 heterocycles. The molecule has 0 radical (unpaired) electrons. The van der Waals surface area contributed by atoms with Gasteiger partial charge in [-0.3, -0.25) is 0 Å². The van der Waals surface area contributed by atoms with Crippen molar-refractivity contribution in [1.29, 1.82) is 0 Å². The van der Waals surface area contributed by atoms with E-state index in [-0.39, 0.29) is 0 Å². The number of nitrogens with one attached hydrogen (secondary N) is 1. The lowest BCUT2D eigenvalue weighted by atomic mass is 10.1. The number of nitrogens with zero attached hydrogens (tertiary/aromatic N) is 1. The van der Waals surface area contributed by atoms with Crippen molar-refractivity contribution in [1.82, 2.24) is 0 Å². The minimum Gasteiger partial charge on any atom is -0.356 e. The zero-order valence-electron chi connectivity index (χ0n) is 18.5. The van der Waals surface area contributed by atoms with Gasteiger partial charge in [-0.2, -0.15) is 0 Å². The summed E-state index contributed by atoms with van der Waals surface area (Å²) >= 11 is 0. The van der Waals surface area contributed by atoms with Crippen molar-refractivity contribution in [2.24, 2.45) is 0 Å². The molecule has 1 N–H and O–H groups in total. The summed E-state index contributed by atoms with van der Waals surface area (Å²) in [6, 6.07) is 27.4. The molecular weight excluding hydrogens is 376 g/mol. The minimum absolute atomic E-state index is 1.06. The van der Waals surface area contributed by atoms with E-state index in [9.17, 15) is 0 Å². The molecule has 0 aromatic heterocycles. The molecule has 0 aliphatic carbocycles. The Balaban J connectivity index is 1.83. The first-order valence-electron chi connectivity index (χ1n) is 10.6. The fraction of sp³-hybridized carbons (Fsp3) is 0.103. The third-order valence-electron chi connectivity index (χ3n) is 4.79. The molecule has 3 aromatic carbocycles. The molecular formula is C29H30N2. The number of allylic oxidation sites excluding steroid dienone is 7. The van der Waals surface area contributed by atoms with Crippen LogP contribution in [-0.4, -0.2) is 0 Å². The number of anilines is 4. The number of hydrogen-bond donors (Lipinski definition) is 1. The van der Waals surface area contributed by atoms with Gasteiger partial charge in [0.1, 0.15) is 0 Å². The van der Waals surface area contributed by atoms with Crippen LogP contribution in [0.1, 0.15) is 26.3 Å². The van der Waals surface area contributed by atoms with Gasteiger partial charge in [-0.25, -0.2) is 0 Å². The van der Waals surface area contributed by atoms with Crippen LogP contribution < -0.4 is 10.2 Å². The van der Waals surface area contributed by atoms with Gasteiger partial charge in [-0.05, 0) is 80.9 Å². The zero-order valence-corrected chi connectivity index (χ0v) is 18.5. The SMILES string of the molecule is C/C=C\C=C/c1cccc(Nc2ccc(N(/C(C)=C/C=C\C)c3ccccc3)cc2)c1. The molecule has 2 nitrogen and oxygen atoms in total. The fourth-order valence-electron chi connectivity index (χ4n) is 3.30. The van der Waals surface area contributed by atoms with Gasteiger partial charge >= 0.3 is 0 Å². The van der Waals surface area contributed by atoms with Gasteiger partial charge in [0.2, 0.25) is 0 Å². The van der Waals surface area contributed by atoms with Crippen molar-refractivity contribution in [2.75, 3.05) is 10.2 Å². The van der Waals surface area contributed by atoms with Crippen LogP contribution in [0, 0.1) is 0 Å². The molecule has 0 unspecified atom stereocenters. The molecule has 0 aliphatic rings. The number of para-hydroxylation sites is 1. The molecule has 156 valence electrons. The standard InChI is InChI=1S/C29H30N2/c1-4-6-9-14-25-15-12-16-27(23-25)30-26-19-21-29(22-20-26)31(24(3)13-7-5-2)28-17-10-8-11-18-28/h4-23,30H,1-3H3/b6-4-,7-5-,14-9-,24-13+. The smallest absolute Gasteiger partial charge is 0.0459 e. The maximum atomic E-state index is 3.51. The van der Waals surface area contributed by atoms with Crippen molar-refractivity contribution >= 4 is 28.8 Å². The van der Waals surface area contributed by atoms with Gasteiger partial charge in [0.05, 0.1) is 0 Å². The van der Waals surface area contributed by atoms with Gasteiger partial charge in [-0.15, -0.1) is 0 Å². The number of benzene rings is 3. The van der Waals surface area contributed by atoms with Gasteiger partial charge in [0.15, 0.2) is 0 Å². The first-order valence-corrected chi connectivity index (χ1v) is 10.6. The predicted molar refractivity (Wildman–Crippen MR) is 137 cm³/mol. The summed E-state index contributed by atoms with van der Waals surface area (Å²) in [6.45, 7) is 6.18. The Morgan fingerprint density at radius 2 is 1.42 bits per heavy atom. The minimum atomic E-state index is 1.06. The van der Waals surface area contributed by atoms with Crippen molar-refractivity contribution in [3.63, 3.8) is 0 Å². The summed E-state index contributed by atoms with van der Waals surface area (Å²) in [4.78, 5) is 2.26. The summed E-state index contributed by atoms with van der Waals surface area (Å²) in [5.41, 5.74) is 6.71. The largest absolute Gasteiger partial charge is 0.356 e. The van der Waals surface area contributed by atoms with E-state index >= 15 is 0 Å². The van der Waals surface area contributed by atoms with Crippen LogP contribution in [0.2, 0.25) is 0 Å². The van der Waals surface area contributed by atoms with Crippen molar-refractivity contribution in [2.45, 2.75) is 20.8 Å². The highest BCUT2D eigenvalue weighted by Crippen LogP contribution is 2.31. The maximum absolute atomic E-state index is 3.51. The first kappa shape index (κ1) is 21.9. The van der Waals surface area contributed by atoms with Crippen LogP contribution in [-0.2, 0) is 0 Å². The van der Waals surface area contributed by atoms with Crippen molar-refractivity contribution in [3.8, 4) is 0 Å². The molecule has 2 heteroatoms. The van der Waals surface area contributed by atoms with Crippen molar-refractivity contribution < 1.29 is 0 Å². The number of hydrogen-bond acceptors (Lipinski definition) is 2. The summed E-state index contributed by atoms with van der Waals surface area (Å²) in [7, 11) is 0. The molecule has 3 aromatic rings. The lowest BCUT2D eigenvalue weighted by molar-refractivity contribution is 1.16. The second-order valence-electron chi connectivity index (χ2n) is 7.19. The molecule has 0 fully saturated rings. The van der Waals surface area contributed by atoms with E-state index in [4.69, 9.17) is 0 Å². The third-order valence-corrected chi connectivity index (χ3v) is 4.79. The molecule has 3 rings (SSSR count). The topological polar surface area (TPSA) is 15.3 Å². The van der Waals surface area contributed by atoms with Crippen LogP contribution in [0.4, 0.5) is 22.7 Å². The Labute approximate surface area is 186 Å². The highest BCUT2D eigenvalue weighted by atomic mass is 15.1. The summed E-state index contributed by atoms with van der Waals surface area (Å²) < 4.78 is 0. The second-order valence-corrected chi connectivity index (χ2v) is 7.19. The first-order chi connectivity index (χ1) is 15.2. The van der Waals surface area contributed by atoms with Gasteiger partial charge in [0, 0.05) is 28.4 Å². The molecule has 31 heavy (non-hydrogen) atoms. The molecule has 0 amide bonds. The fourth-order valence-corrected chi connectivity index (χ4v) is 3.30. The molecule has 0 saturated heterocycles. The average Bonchev–Trinajstić information content (AvgIpc) is 2.80. The Bertz CT molecular complexity index is 1070. The van der Waals surface area contributed by atoms with Crippen LogP contribution in [0.25, 0.3) is 6.08 Å². The van der Waals surface area contributed by atoms with Crippen LogP contribution in [0.3, 0.4) is 0 Å². The van der Waals surface area contributed by atoms with E-state index in [0.717, 1.165) is 28.4 Å². The Kier molecular flexibility index (Phi) is 8.07. The number of rotatable bonds is 8. The lowest BCUT2D eigenvalue weighted by Gasteiger charge is -2.26. The zero-order chi connectivity index (χ0) is 21.9. The highest BCUT2D eigenvalue weighted by molar-refractivity contribution is 5.71. The highest BCUT2D eigenvalue weighted by Gasteiger charge is 2.11. The van der Waals surface area contributed by atoms with Gasteiger partial charge in [0.25, 0.3) is 0 Å². The maximum Gasteiger partial charge on any atom is 0.0459 e. The molecule has 0 spiro atoms. The van der Waals surface area contributed by atoms with Crippen LogP contribution >= 0.6 is 0 Å². The predicted octanol–water partition coefficient (Wildman–Crippen LogP) is 8.64. The van der Waals surface area contributed by atoms with E-state index in [2.05, 4.69) is 114 Å². The summed E-state index contributed by atoms with van der Waals surface area (Å²) in [6.07, 6.45) is 14.5. The van der Waals surface area contributed by atoms with Crippen LogP contribution in [0.5, 0.6) is 0 Å². The second kappa shape index (κ2) is 11.4. The Morgan fingerprint density at radius 1 is 0.710 bits per heavy atom. The molecule has 0 bridgehead atoms. The normalized spacial score (nSPS) is 12.2. The molecule has 0 saturated carbocycles. The van der Waals surface area contributed by atoms with E-state index in [1.54, 1.807) is 0 Å². The van der Waals surface area contributed by atoms with Gasteiger partial charge < -0.3 is 10.2 Å². The monoisotopic (exact) mass is 406 g/mol. The Morgan fingerprint density at radius 3 is 2.13 bits per heavy atom. The van der Waals surface area contributed by atoms with E-state index in [1.807, 2.05) is 38.1 Å². The molecule has 0 atom stereocenters. The van der Waals surface area contributed by atoms with E-state index in [1.165, 1.54) is 5.56 Å².